The molecule has 0 fully saturated rings. The number of aromatic nitrogens is 5. The fraction of sp³-hybridized carbons (Fsp3) is 0.231. The molecule has 0 bridgehead atoms. The fourth-order valence-electron chi connectivity index (χ4n) is 1.90. The van der Waals surface area contributed by atoms with Gasteiger partial charge in [-0.2, -0.15) is 13.2 Å². The van der Waals surface area contributed by atoms with Gasteiger partial charge in [-0.15, -0.1) is 15.3 Å². The van der Waals surface area contributed by atoms with Crippen LogP contribution in [0.2, 0.25) is 0 Å². The molecule has 0 spiro atoms. The van der Waals surface area contributed by atoms with Gasteiger partial charge in [0, 0.05) is 23.7 Å². The van der Waals surface area contributed by atoms with Crippen molar-refractivity contribution in [1.82, 2.24) is 24.4 Å². The molecule has 2 heterocycles. The van der Waals surface area contributed by atoms with Gasteiger partial charge < -0.3 is 4.57 Å². The van der Waals surface area contributed by atoms with Crippen LogP contribution < -0.4 is 0 Å². The lowest BCUT2D eigenvalue weighted by Gasteiger charge is -2.06. The smallest absolute Gasteiger partial charge is 0.302 e. The van der Waals surface area contributed by atoms with Crippen LogP contribution in [-0.2, 0) is 19.0 Å². The van der Waals surface area contributed by atoms with Crippen LogP contribution in [0.4, 0.5) is 13.2 Å². The molecule has 23 heavy (non-hydrogen) atoms. The predicted molar refractivity (Wildman–Crippen MR) is 80.9 cm³/mol. The van der Waals surface area contributed by atoms with Gasteiger partial charge in [0.25, 0.3) is 0 Å². The van der Waals surface area contributed by atoms with Crippen LogP contribution in [-0.4, -0.2) is 24.4 Å². The molecule has 3 aromatic rings. The lowest BCUT2D eigenvalue weighted by Crippen LogP contribution is -2.12. The second-order valence-corrected chi connectivity index (χ2v) is 6.19. The van der Waals surface area contributed by atoms with Crippen molar-refractivity contribution in [1.29, 1.82) is 0 Å². The molecule has 3 rings (SSSR count). The first-order valence-corrected chi connectivity index (χ1v) is 8.23. The molecule has 0 atom stereocenters. The first-order chi connectivity index (χ1) is 10.9. The summed E-state index contributed by atoms with van der Waals surface area (Å²) in [6, 6.07) is 7.63. The molecule has 0 unspecified atom stereocenters. The zero-order chi connectivity index (χ0) is 16.4. The summed E-state index contributed by atoms with van der Waals surface area (Å²) >= 11 is 2.48. The molecule has 10 heteroatoms. The Balaban J connectivity index is 1.68. The van der Waals surface area contributed by atoms with Gasteiger partial charge in [0.2, 0.25) is 5.82 Å². The number of thioether (sulfide) groups is 1. The van der Waals surface area contributed by atoms with Crippen LogP contribution in [0.15, 0.2) is 34.8 Å². The lowest BCUT2D eigenvalue weighted by atomic mass is 10.1. The van der Waals surface area contributed by atoms with Gasteiger partial charge in [0.1, 0.15) is 5.69 Å². The van der Waals surface area contributed by atoms with Crippen molar-refractivity contribution >= 4 is 23.3 Å². The maximum atomic E-state index is 12.7. The Hall–Kier alpha value is -1.94. The first-order valence-electron chi connectivity index (χ1n) is 6.41. The number of hydrogen-bond donors (Lipinski definition) is 0. The summed E-state index contributed by atoms with van der Waals surface area (Å²) in [5.74, 6) is -0.495. The van der Waals surface area contributed by atoms with Gasteiger partial charge in [0.15, 0.2) is 5.16 Å². The third kappa shape index (κ3) is 3.53. The van der Waals surface area contributed by atoms with Crippen molar-refractivity contribution in [2.24, 2.45) is 7.05 Å². The molecule has 2 aromatic heterocycles. The summed E-state index contributed by atoms with van der Waals surface area (Å²) in [6.07, 6.45) is -4.50. The highest BCUT2D eigenvalue weighted by molar-refractivity contribution is 7.98. The largest absolute Gasteiger partial charge is 0.451 e. The summed E-state index contributed by atoms with van der Waals surface area (Å²) in [4.78, 5) is 0. The fourth-order valence-corrected chi connectivity index (χ4v) is 3.23. The summed E-state index contributed by atoms with van der Waals surface area (Å²) in [5, 5.41) is 12.9. The Morgan fingerprint density at radius 2 is 1.87 bits per heavy atom. The van der Waals surface area contributed by atoms with E-state index in [9.17, 15) is 13.2 Å². The Morgan fingerprint density at radius 1 is 1.13 bits per heavy atom. The highest BCUT2D eigenvalue weighted by atomic mass is 32.2. The zero-order valence-corrected chi connectivity index (χ0v) is 13.4. The summed E-state index contributed by atoms with van der Waals surface area (Å²) in [6.45, 7) is 0. The third-order valence-corrected chi connectivity index (χ3v) is 4.66. The minimum atomic E-state index is -4.50. The Bertz CT molecular complexity index is 781. The minimum absolute atomic E-state index is 0.227. The van der Waals surface area contributed by atoms with E-state index in [2.05, 4.69) is 19.8 Å². The van der Waals surface area contributed by atoms with E-state index in [-0.39, 0.29) is 5.16 Å². The Kier molecular flexibility index (Phi) is 4.35. The van der Waals surface area contributed by atoms with E-state index in [1.807, 2.05) is 29.6 Å². The molecule has 0 saturated carbocycles. The van der Waals surface area contributed by atoms with E-state index in [1.54, 1.807) is 0 Å². The van der Waals surface area contributed by atoms with Gasteiger partial charge in [-0.3, -0.25) is 0 Å². The molecule has 0 aliphatic heterocycles. The molecule has 0 N–H and O–H groups in total. The van der Waals surface area contributed by atoms with Gasteiger partial charge in [-0.1, -0.05) is 40.5 Å². The molecule has 0 aliphatic rings. The van der Waals surface area contributed by atoms with E-state index in [1.165, 1.54) is 30.3 Å². The van der Waals surface area contributed by atoms with Crippen molar-refractivity contribution < 1.29 is 13.2 Å². The zero-order valence-electron chi connectivity index (χ0n) is 11.8. The molecule has 0 amide bonds. The van der Waals surface area contributed by atoms with Gasteiger partial charge in [-0.05, 0) is 17.1 Å². The van der Waals surface area contributed by atoms with E-state index in [0.29, 0.717) is 5.75 Å². The number of benzene rings is 1. The molecule has 5 nitrogen and oxygen atoms in total. The lowest BCUT2D eigenvalue weighted by molar-refractivity contribution is -0.147. The van der Waals surface area contributed by atoms with Gasteiger partial charge >= 0.3 is 6.18 Å². The average Bonchev–Trinajstić information content (AvgIpc) is 3.15. The van der Waals surface area contributed by atoms with E-state index < -0.39 is 12.0 Å². The molecule has 0 radical (unpaired) electrons. The summed E-state index contributed by atoms with van der Waals surface area (Å²) in [5.41, 5.74) is 2.72. The second kappa shape index (κ2) is 6.28. The van der Waals surface area contributed by atoms with Crippen LogP contribution in [0, 0.1) is 0 Å². The monoisotopic (exact) mass is 357 g/mol. The standard InChI is InChI=1S/C13H10F3N5S2/c1-21-11(13(14,15)16)18-19-12(21)22-6-8-2-4-9(5-3-8)10-7-23-20-17-10/h2-5,7H,6H2,1H3. The highest BCUT2D eigenvalue weighted by Crippen LogP contribution is 2.30. The minimum Gasteiger partial charge on any atom is -0.302 e. The van der Waals surface area contributed by atoms with Crippen molar-refractivity contribution in [3.8, 4) is 11.3 Å². The quantitative estimate of drug-likeness (QED) is 0.667. The predicted octanol–water partition coefficient (Wildman–Crippen LogP) is 3.64. The average molecular weight is 357 g/mol. The number of nitrogens with zero attached hydrogens (tertiary/aromatic N) is 5. The van der Waals surface area contributed by atoms with Crippen LogP contribution in [0.1, 0.15) is 11.4 Å². The first kappa shape index (κ1) is 15.9. The third-order valence-electron chi connectivity index (χ3n) is 3.07. The van der Waals surface area contributed by atoms with Crippen molar-refractivity contribution in [3.63, 3.8) is 0 Å². The van der Waals surface area contributed by atoms with Crippen LogP contribution >= 0.6 is 23.3 Å². The molecule has 120 valence electrons. The maximum Gasteiger partial charge on any atom is 0.451 e. The molecular weight excluding hydrogens is 347 g/mol. The molecular formula is C13H10F3N5S2. The maximum absolute atomic E-state index is 12.7. The topological polar surface area (TPSA) is 56.5 Å². The van der Waals surface area contributed by atoms with Gasteiger partial charge in [0.05, 0.1) is 0 Å². The van der Waals surface area contributed by atoms with Crippen LogP contribution in [0.25, 0.3) is 11.3 Å². The Labute approximate surface area is 137 Å². The Morgan fingerprint density at radius 3 is 2.43 bits per heavy atom. The van der Waals surface area contributed by atoms with Crippen LogP contribution in [0.5, 0.6) is 0 Å². The van der Waals surface area contributed by atoms with E-state index >= 15 is 0 Å². The summed E-state index contributed by atoms with van der Waals surface area (Å²) in [7, 11) is 1.31. The van der Waals surface area contributed by atoms with Gasteiger partial charge in [-0.25, -0.2) is 0 Å². The number of hydrogen-bond acceptors (Lipinski definition) is 6. The number of alkyl halides is 3. The summed E-state index contributed by atoms with van der Waals surface area (Å²) < 4.78 is 42.7. The number of halogens is 3. The van der Waals surface area contributed by atoms with Crippen LogP contribution in [0.3, 0.4) is 0 Å². The van der Waals surface area contributed by atoms with E-state index in [0.717, 1.165) is 21.4 Å². The van der Waals surface area contributed by atoms with E-state index in [4.69, 9.17) is 0 Å². The normalized spacial score (nSPS) is 11.8. The van der Waals surface area contributed by atoms with Crippen molar-refractivity contribution in [2.75, 3.05) is 0 Å². The highest BCUT2D eigenvalue weighted by Gasteiger charge is 2.37. The number of rotatable bonds is 4. The molecule has 0 aliphatic carbocycles. The molecule has 1 aromatic carbocycles. The molecule has 0 saturated heterocycles. The second-order valence-electron chi connectivity index (χ2n) is 4.64. The SMILES string of the molecule is Cn1c(SCc2ccc(-c3csnn3)cc2)nnc1C(F)(F)F. The van der Waals surface area contributed by atoms with Crippen molar-refractivity contribution in [3.05, 3.63) is 41.0 Å². The van der Waals surface area contributed by atoms with Crippen molar-refractivity contribution in [2.45, 2.75) is 17.1 Å².